The summed E-state index contributed by atoms with van der Waals surface area (Å²) in [6.07, 6.45) is 1.58. The molecule has 0 aromatic heterocycles. The lowest BCUT2D eigenvalue weighted by molar-refractivity contribution is -0.112. The molecule has 0 atom stereocenters. The lowest BCUT2D eigenvalue weighted by Gasteiger charge is -2.33. The molecule has 23 heavy (non-hydrogen) atoms. The van der Waals surface area contributed by atoms with Gasteiger partial charge in [-0.25, -0.2) is 4.39 Å². The van der Waals surface area contributed by atoms with Gasteiger partial charge in [0, 0.05) is 51.2 Å². The molecule has 0 unspecified atom stereocenters. The Morgan fingerprint density at radius 1 is 1.30 bits per heavy atom. The number of nitrogens with two attached hydrogens (primary N) is 1. The number of piperazine rings is 1. The van der Waals surface area contributed by atoms with Crippen molar-refractivity contribution in [2.24, 2.45) is 5.73 Å². The van der Waals surface area contributed by atoms with Crippen LogP contribution in [-0.2, 0) is 4.79 Å². The van der Waals surface area contributed by atoms with E-state index < -0.39 is 5.91 Å². The summed E-state index contributed by atoms with van der Waals surface area (Å²) in [4.78, 5) is 16.3. The van der Waals surface area contributed by atoms with E-state index in [9.17, 15) is 14.4 Å². The normalized spacial score (nSPS) is 16.0. The second-order valence-electron chi connectivity index (χ2n) is 5.28. The number of anilines is 1. The first kappa shape index (κ1) is 16.9. The third-order valence-corrected chi connectivity index (χ3v) is 3.63. The van der Waals surface area contributed by atoms with Crippen molar-refractivity contribution in [3.8, 4) is 6.07 Å². The van der Waals surface area contributed by atoms with Crippen molar-refractivity contribution in [3.05, 3.63) is 41.9 Å². The summed E-state index contributed by atoms with van der Waals surface area (Å²) in [5.74, 6) is -0.877. The van der Waals surface area contributed by atoms with Crippen LogP contribution in [0.15, 0.2) is 36.0 Å². The molecule has 1 aliphatic rings. The van der Waals surface area contributed by atoms with Gasteiger partial charge in [-0.2, -0.15) is 5.26 Å². The molecular weight excluding hydrogens is 297 g/mol. The predicted molar refractivity (Wildman–Crippen MR) is 85.8 cm³/mol. The van der Waals surface area contributed by atoms with E-state index in [1.54, 1.807) is 6.20 Å². The minimum absolute atomic E-state index is 0.0293. The van der Waals surface area contributed by atoms with E-state index in [0.717, 1.165) is 32.7 Å². The Morgan fingerprint density at radius 2 is 1.96 bits per heavy atom. The van der Waals surface area contributed by atoms with Crippen LogP contribution >= 0.6 is 0 Å². The molecule has 1 aromatic rings. The molecule has 0 saturated carbocycles. The zero-order valence-electron chi connectivity index (χ0n) is 12.8. The Morgan fingerprint density at radius 3 is 2.52 bits per heavy atom. The summed E-state index contributed by atoms with van der Waals surface area (Å²) >= 11 is 0. The molecular formula is C16H20FN5O. The Balaban J connectivity index is 1.95. The second kappa shape index (κ2) is 8.27. The van der Waals surface area contributed by atoms with Crippen LogP contribution in [0, 0.1) is 17.1 Å². The van der Waals surface area contributed by atoms with E-state index >= 15 is 0 Å². The molecule has 7 heteroatoms. The standard InChI is InChI=1S/C16H20FN5O/c17-14-1-3-15(4-2-14)20-16(23)13(11-19)12-22-9-7-21(6-5-18)8-10-22/h1-4,12H,5-10,18H2,(H,20,23)/b13-12-. The fourth-order valence-electron chi connectivity index (χ4n) is 2.35. The number of nitriles is 1. The summed E-state index contributed by atoms with van der Waals surface area (Å²) in [6.45, 7) is 4.68. The SMILES string of the molecule is N#C/C(=C/N1CCN(CCN)CC1)C(=O)Nc1ccc(F)cc1. The van der Waals surface area contributed by atoms with Crippen LogP contribution in [0.1, 0.15) is 0 Å². The van der Waals surface area contributed by atoms with Crippen LogP contribution in [-0.4, -0.2) is 55.0 Å². The Labute approximate surface area is 135 Å². The summed E-state index contributed by atoms with van der Waals surface area (Å²) in [5.41, 5.74) is 6.01. The van der Waals surface area contributed by atoms with Crippen molar-refractivity contribution >= 4 is 11.6 Å². The van der Waals surface area contributed by atoms with Crippen molar-refractivity contribution in [3.63, 3.8) is 0 Å². The van der Waals surface area contributed by atoms with Crippen LogP contribution in [0.5, 0.6) is 0 Å². The van der Waals surface area contributed by atoms with E-state index in [1.807, 2.05) is 11.0 Å². The fourth-order valence-corrected chi connectivity index (χ4v) is 2.35. The lowest BCUT2D eigenvalue weighted by Crippen LogP contribution is -2.45. The fraction of sp³-hybridized carbons (Fsp3) is 0.375. The lowest BCUT2D eigenvalue weighted by atomic mass is 10.2. The second-order valence-corrected chi connectivity index (χ2v) is 5.28. The van der Waals surface area contributed by atoms with Crippen molar-refractivity contribution in [1.29, 1.82) is 5.26 Å². The minimum Gasteiger partial charge on any atom is -0.374 e. The van der Waals surface area contributed by atoms with E-state index in [2.05, 4.69) is 10.2 Å². The van der Waals surface area contributed by atoms with Gasteiger partial charge in [-0.15, -0.1) is 0 Å². The average Bonchev–Trinajstić information content (AvgIpc) is 2.56. The van der Waals surface area contributed by atoms with Crippen molar-refractivity contribution in [2.45, 2.75) is 0 Å². The molecule has 6 nitrogen and oxygen atoms in total. The maximum absolute atomic E-state index is 12.8. The number of hydrogen-bond donors (Lipinski definition) is 2. The molecule has 0 spiro atoms. The topological polar surface area (TPSA) is 85.4 Å². The number of benzene rings is 1. The first-order valence-electron chi connectivity index (χ1n) is 7.47. The molecule has 1 heterocycles. The molecule has 122 valence electrons. The zero-order valence-corrected chi connectivity index (χ0v) is 12.8. The zero-order chi connectivity index (χ0) is 16.7. The number of hydrogen-bond acceptors (Lipinski definition) is 5. The number of nitrogens with one attached hydrogen (secondary N) is 1. The molecule has 3 N–H and O–H groups in total. The van der Waals surface area contributed by atoms with Gasteiger partial charge in [0.05, 0.1) is 0 Å². The molecule has 0 aliphatic carbocycles. The van der Waals surface area contributed by atoms with Crippen molar-refractivity contribution in [2.75, 3.05) is 44.6 Å². The minimum atomic E-state index is -0.497. The highest BCUT2D eigenvalue weighted by atomic mass is 19.1. The van der Waals surface area contributed by atoms with Gasteiger partial charge >= 0.3 is 0 Å². The molecule has 0 bridgehead atoms. The van der Waals surface area contributed by atoms with Gasteiger partial charge < -0.3 is 16.0 Å². The predicted octanol–water partition coefficient (Wildman–Crippen LogP) is 0.748. The Kier molecular flexibility index (Phi) is 6.09. The van der Waals surface area contributed by atoms with E-state index in [4.69, 9.17) is 5.73 Å². The molecule has 2 rings (SSSR count). The molecule has 1 saturated heterocycles. The van der Waals surface area contributed by atoms with Gasteiger partial charge in [-0.3, -0.25) is 9.69 Å². The molecule has 1 aromatic carbocycles. The van der Waals surface area contributed by atoms with Crippen LogP contribution in [0.2, 0.25) is 0 Å². The number of halogens is 1. The Bertz CT molecular complexity index is 600. The summed E-state index contributed by atoms with van der Waals surface area (Å²) in [5, 5.41) is 11.8. The highest BCUT2D eigenvalue weighted by molar-refractivity contribution is 6.06. The molecule has 0 radical (unpaired) electrons. The maximum atomic E-state index is 12.8. The van der Waals surface area contributed by atoms with Crippen LogP contribution in [0.3, 0.4) is 0 Å². The number of carbonyl (C=O) groups is 1. The van der Waals surface area contributed by atoms with Gasteiger partial charge in [0.15, 0.2) is 0 Å². The summed E-state index contributed by atoms with van der Waals surface area (Å²) < 4.78 is 12.8. The van der Waals surface area contributed by atoms with Crippen LogP contribution < -0.4 is 11.1 Å². The third-order valence-electron chi connectivity index (χ3n) is 3.63. The van der Waals surface area contributed by atoms with E-state index in [1.165, 1.54) is 24.3 Å². The molecule has 1 fully saturated rings. The summed E-state index contributed by atoms with van der Waals surface area (Å²) in [6, 6.07) is 7.33. The van der Waals surface area contributed by atoms with E-state index in [0.29, 0.717) is 12.2 Å². The maximum Gasteiger partial charge on any atom is 0.267 e. The van der Waals surface area contributed by atoms with Gasteiger partial charge in [-0.1, -0.05) is 0 Å². The van der Waals surface area contributed by atoms with Crippen LogP contribution in [0.25, 0.3) is 0 Å². The largest absolute Gasteiger partial charge is 0.374 e. The third kappa shape index (κ3) is 5.06. The summed E-state index contributed by atoms with van der Waals surface area (Å²) in [7, 11) is 0. The van der Waals surface area contributed by atoms with Gasteiger partial charge in [0.1, 0.15) is 17.5 Å². The monoisotopic (exact) mass is 317 g/mol. The first-order chi connectivity index (χ1) is 11.1. The molecule has 1 aliphatic heterocycles. The quantitative estimate of drug-likeness (QED) is 0.618. The smallest absolute Gasteiger partial charge is 0.267 e. The average molecular weight is 317 g/mol. The first-order valence-corrected chi connectivity index (χ1v) is 7.47. The van der Waals surface area contributed by atoms with Gasteiger partial charge in [0.2, 0.25) is 0 Å². The number of nitrogens with zero attached hydrogens (tertiary/aromatic N) is 3. The van der Waals surface area contributed by atoms with Crippen molar-refractivity contribution in [1.82, 2.24) is 9.80 Å². The molecule has 1 amide bonds. The number of rotatable bonds is 5. The number of amides is 1. The number of carbonyl (C=O) groups excluding carboxylic acids is 1. The van der Waals surface area contributed by atoms with Crippen LogP contribution in [0.4, 0.5) is 10.1 Å². The highest BCUT2D eigenvalue weighted by Crippen LogP contribution is 2.11. The highest BCUT2D eigenvalue weighted by Gasteiger charge is 2.16. The van der Waals surface area contributed by atoms with Gasteiger partial charge in [-0.05, 0) is 24.3 Å². The van der Waals surface area contributed by atoms with E-state index in [-0.39, 0.29) is 11.4 Å². The van der Waals surface area contributed by atoms with Gasteiger partial charge in [0.25, 0.3) is 5.91 Å². The van der Waals surface area contributed by atoms with Crippen molar-refractivity contribution < 1.29 is 9.18 Å². The Hall–Kier alpha value is -2.43.